The molecule has 0 N–H and O–H groups in total. The first-order valence-corrected chi connectivity index (χ1v) is 11.5. The third-order valence-electron chi connectivity index (χ3n) is 7.97. The molecule has 0 heterocycles. The molecule has 2 atom stereocenters. The molecule has 1 fully saturated rings. The van der Waals surface area contributed by atoms with Gasteiger partial charge in [0.05, 0.1) is 0 Å². The number of aryl methyl sites for hydroxylation is 2. The lowest BCUT2D eigenvalue weighted by Crippen LogP contribution is -2.32. The molecular formula is C29H37N. The van der Waals surface area contributed by atoms with Gasteiger partial charge in [0.1, 0.15) is 0 Å². The maximum absolute atomic E-state index is 2.56. The Morgan fingerprint density at radius 1 is 0.733 bits per heavy atom. The summed E-state index contributed by atoms with van der Waals surface area (Å²) >= 11 is 0. The number of hydrogen-bond acceptors (Lipinski definition) is 1. The summed E-state index contributed by atoms with van der Waals surface area (Å²) in [5.41, 5.74) is 7.06. The minimum absolute atomic E-state index is 0.331. The van der Waals surface area contributed by atoms with E-state index in [1.165, 1.54) is 47.5 Å². The van der Waals surface area contributed by atoms with Gasteiger partial charge in [0.25, 0.3) is 0 Å². The third kappa shape index (κ3) is 4.00. The van der Waals surface area contributed by atoms with E-state index in [-0.39, 0.29) is 0 Å². The van der Waals surface area contributed by atoms with E-state index in [0.717, 1.165) is 0 Å². The van der Waals surface area contributed by atoms with Gasteiger partial charge in [0.15, 0.2) is 0 Å². The quantitative estimate of drug-likeness (QED) is 0.501. The Bertz CT molecular complexity index is 895. The number of allylic oxidation sites excluding steroid dienone is 3. The van der Waals surface area contributed by atoms with Crippen LogP contribution in [0.25, 0.3) is 0 Å². The van der Waals surface area contributed by atoms with Gasteiger partial charge in [-0.15, -0.1) is 0 Å². The number of fused-ring (bicyclic) bond motifs is 1. The molecule has 2 aliphatic rings. The summed E-state index contributed by atoms with van der Waals surface area (Å²) in [6.45, 7) is 14.2. The van der Waals surface area contributed by atoms with Crippen LogP contribution in [0.2, 0.25) is 0 Å². The molecule has 2 aromatic rings. The van der Waals surface area contributed by atoms with Crippen molar-refractivity contribution in [2.45, 2.75) is 60.8 Å². The van der Waals surface area contributed by atoms with Gasteiger partial charge in [-0.05, 0) is 86.1 Å². The van der Waals surface area contributed by atoms with Crippen LogP contribution in [0.15, 0.2) is 72.5 Å². The molecule has 0 bridgehead atoms. The van der Waals surface area contributed by atoms with Gasteiger partial charge in [-0.1, -0.05) is 75.2 Å². The first-order chi connectivity index (χ1) is 14.2. The Balaban J connectivity index is 1.75. The van der Waals surface area contributed by atoms with Crippen LogP contribution in [-0.4, -0.2) is 0 Å². The highest BCUT2D eigenvalue weighted by Gasteiger charge is 2.43. The molecule has 1 saturated carbocycles. The van der Waals surface area contributed by atoms with E-state index in [4.69, 9.17) is 0 Å². The fraction of sp³-hybridized carbons (Fsp3) is 0.448. The topological polar surface area (TPSA) is 3.24 Å². The summed E-state index contributed by atoms with van der Waals surface area (Å²) in [5, 5.41) is 0. The zero-order valence-electron chi connectivity index (χ0n) is 19.6. The second-order valence-corrected chi connectivity index (χ2v) is 10.8. The normalized spacial score (nSPS) is 24.5. The molecule has 2 unspecified atom stereocenters. The van der Waals surface area contributed by atoms with E-state index >= 15 is 0 Å². The molecule has 4 rings (SSSR count). The predicted octanol–water partition coefficient (Wildman–Crippen LogP) is 8.36. The standard InChI is InChI=1S/C29H37N/c1-21-7-12-25(13-8-21)30(26-14-9-22(2)10-15-26)27-16-11-23-17-18-28(3,4)29(5,6)20-24(23)19-27/h7-16,19,23-24H,17-18,20H2,1-6H3. The van der Waals surface area contributed by atoms with E-state index < -0.39 is 0 Å². The van der Waals surface area contributed by atoms with Crippen LogP contribution in [0.1, 0.15) is 58.1 Å². The van der Waals surface area contributed by atoms with Crippen molar-refractivity contribution < 1.29 is 0 Å². The Labute approximate surface area is 183 Å². The molecule has 158 valence electrons. The smallest absolute Gasteiger partial charge is 0.0461 e. The van der Waals surface area contributed by atoms with Crippen molar-refractivity contribution in [1.82, 2.24) is 0 Å². The van der Waals surface area contributed by atoms with Gasteiger partial charge >= 0.3 is 0 Å². The van der Waals surface area contributed by atoms with E-state index in [2.05, 4.69) is 113 Å². The van der Waals surface area contributed by atoms with E-state index in [0.29, 0.717) is 22.7 Å². The molecule has 0 amide bonds. The highest BCUT2D eigenvalue weighted by Crippen LogP contribution is 2.53. The SMILES string of the molecule is Cc1ccc(N(C2=CC3CC(C)(C)C(C)(C)CCC3C=C2)c2ccc(C)cc2)cc1. The molecule has 0 saturated heterocycles. The Morgan fingerprint density at radius 2 is 1.27 bits per heavy atom. The Morgan fingerprint density at radius 3 is 1.80 bits per heavy atom. The predicted molar refractivity (Wildman–Crippen MR) is 130 cm³/mol. The maximum atomic E-state index is 2.56. The molecule has 0 aliphatic heterocycles. The van der Waals surface area contributed by atoms with Gasteiger partial charge in [0, 0.05) is 17.1 Å². The average molecular weight is 400 g/mol. The van der Waals surface area contributed by atoms with Crippen molar-refractivity contribution >= 4 is 11.4 Å². The number of benzene rings is 2. The van der Waals surface area contributed by atoms with Gasteiger partial charge in [0.2, 0.25) is 0 Å². The Kier molecular flexibility index (Phi) is 5.43. The molecule has 2 aliphatic carbocycles. The van der Waals surface area contributed by atoms with Crippen LogP contribution in [0.3, 0.4) is 0 Å². The van der Waals surface area contributed by atoms with Gasteiger partial charge in [-0.3, -0.25) is 0 Å². The first-order valence-electron chi connectivity index (χ1n) is 11.5. The van der Waals surface area contributed by atoms with Crippen LogP contribution in [0, 0.1) is 36.5 Å². The van der Waals surface area contributed by atoms with Crippen molar-refractivity contribution in [3.05, 3.63) is 83.6 Å². The zero-order chi connectivity index (χ0) is 21.5. The summed E-state index contributed by atoms with van der Waals surface area (Å²) < 4.78 is 0. The molecule has 1 nitrogen and oxygen atoms in total. The van der Waals surface area contributed by atoms with Crippen LogP contribution in [-0.2, 0) is 0 Å². The maximum Gasteiger partial charge on any atom is 0.0461 e. The molecule has 30 heavy (non-hydrogen) atoms. The van der Waals surface area contributed by atoms with E-state index in [1.807, 2.05) is 0 Å². The monoisotopic (exact) mass is 399 g/mol. The van der Waals surface area contributed by atoms with Crippen molar-refractivity contribution in [2.24, 2.45) is 22.7 Å². The summed E-state index contributed by atoms with van der Waals surface area (Å²) in [7, 11) is 0. The lowest BCUT2D eigenvalue weighted by atomic mass is 9.64. The lowest BCUT2D eigenvalue weighted by Gasteiger charge is -2.41. The average Bonchev–Trinajstić information content (AvgIpc) is 2.78. The second kappa shape index (κ2) is 7.76. The zero-order valence-corrected chi connectivity index (χ0v) is 19.6. The summed E-state index contributed by atoms with van der Waals surface area (Å²) in [6, 6.07) is 17.8. The Hall–Kier alpha value is -2.28. The second-order valence-electron chi connectivity index (χ2n) is 10.8. The number of anilines is 2. The largest absolute Gasteiger partial charge is 0.311 e. The van der Waals surface area contributed by atoms with Crippen molar-refractivity contribution in [1.29, 1.82) is 0 Å². The van der Waals surface area contributed by atoms with Crippen LogP contribution < -0.4 is 4.90 Å². The molecule has 1 heteroatoms. The summed E-state index contributed by atoms with van der Waals surface area (Å²) in [4.78, 5) is 2.43. The van der Waals surface area contributed by atoms with Gasteiger partial charge in [-0.25, -0.2) is 0 Å². The summed E-state index contributed by atoms with van der Waals surface area (Å²) in [6.07, 6.45) is 11.3. The third-order valence-corrected chi connectivity index (χ3v) is 7.97. The summed E-state index contributed by atoms with van der Waals surface area (Å²) in [5.74, 6) is 1.26. The number of nitrogens with zero attached hydrogens (tertiary/aromatic N) is 1. The lowest BCUT2D eigenvalue weighted by molar-refractivity contribution is 0.0926. The minimum Gasteiger partial charge on any atom is -0.311 e. The van der Waals surface area contributed by atoms with E-state index in [1.54, 1.807) is 0 Å². The van der Waals surface area contributed by atoms with Gasteiger partial charge in [-0.2, -0.15) is 0 Å². The fourth-order valence-corrected chi connectivity index (χ4v) is 5.00. The van der Waals surface area contributed by atoms with Crippen LogP contribution in [0.4, 0.5) is 11.4 Å². The van der Waals surface area contributed by atoms with Crippen molar-refractivity contribution in [3.63, 3.8) is 0 Å². The van der Waals surface area contributed by atoms with Crippen molar-refractivity contribution in [3.8, 4) is 0 Å². The number of hydrogen-bond donors (Lipinski definition) is 0. The van der Waals surface area contributed by atoms with Crippen molar-refractivity contribution in [2.75, 3.05) is 4.90 Å². The minimum atomic E-state index is 0.331. The highest BCUT2D eigenvalue weighted by atomic mass is 15.1. The highest BCUT2D eigenvalue weighted by molar-refractivity contribution is 5.70. The molecule has 2 aromatic carbocycles. The molecular weight excluding hydrogens is 362 g/mol. The van der Waals surface area contributed by atoms with E-state index in [9.17, 15) is 0 Å². The first kappa shape index (κ1) is 21.0. The molecule has 0 spiro atoms. The molecule has 0 aromatic heterocycles. The van der Waals surface area contributed by atoms with Gasteiger partial charge < -0.3 is 4.90 Å². The number of rotatable bonds is 3. The van der Waals surface area contributed by atoms with Crippen LogP contribution in [0.5, 0.6) is 0 Å². The molecule has 0 radical (unpaired) electrons. The fourth-order valence-electron chi connectivity index (χ4n) is 5.00. The van der Waals surface area contributed by atoms with Crippen LogP contribution >= 0.6 is 0 Å².